The average Bonchev–Trinajstić information content (AvgIpc) is 2.49. The molecule has 1 heterocycles. The molecule has 0 amide bonds. The highest BCUT2D eigenvalue weighted by Crippen LogP contribution is 2.32. The first-order valence-corrected chi connectivity index (χ1v) is 7.36. The third kappa shape index (κ3) is 2.55. The van der Waals surface area contributed by atoms with Crippen LogP contribution in [0.5, 0.6) is 0 Å². The van der Waals surface area contributed by atoms with Gasteiger partial charge in [0.15, 0.2) is 0 Å². The molecule has 3 rings (SSSR count). The van der Waals surface area contributed by atoms with Crippen molar-refractivity contribution >= 4 is 22.8 Å². The maximum atomic E-state index is 11.7. The average molecular weight is 285 g/mol. The molecule has 0 radical (unpaired) electrons. The Balaban J connectivity index is 1.99. The van der Waals surface area contributed by atoms with Crippen LogP contribution < -0.4 is 5.32 Å². The van der Waals surface area contributed by atoms with Crippen molar-refractivity contribution in [3.63, 3.8) is 0 Å². The lowest BCUT2D eigenvalue weighted by molar-refractivity contribution is -0.143. The second-order valence-electron chi connectivity index (χ2n) is 5.72. The first kappa shape index (κ1) is 13.8. The van der Waals surface area contributed by atoms with Crippen LogP contribution in [0.2, 0.25) is 0 Å². The summed E-state index contributed by atoms with van der Waals surface area (Å²) in [6, 6.07) is 7.63. The lowest BCUT2D eigenvalue weighted by Gasteiger charge is -2.34. The number of aromatic nitrogens is 2. The van der Waals surface area contributed by atoms with E-state index in [1.54, 1.807) is 0 Å². The minimum Gasteiger partial charge on any atom is -0.480 e. The van der Waals surface area contributed by atoms with Crippen molar-refractivity contribution in [2.75, 3.05) is 5.32 Å². The Morgan fingerprint density at radius 2 is 1.76 bits per heavy atom. The zero-order valence-electron chi connectivity index (χ0n) is 12.1. The number of carboxylic acids is 1. The Hall–Kier alpha value is -2.17. The van der Waals surface area contributed by atoms with Gasteiger partial charge in [0.1, 0.15) is 11.4 Å². The van der Waals surface area contributed by atoms with Crippen molar-refractivity contribution in [1.29, 1.82) is 0 Å². The maximum absolute atomic E-state index is 11.7. The molecule has 0 bridgehead atoms. The van der Waals surface area contributed by atoms with Gasteiger partial charge < -0.3 is 10.4 Å². The molecule has 2 N–H and O–H groups in total. The third-order valence-electron chi connectivity index (χ3n) is 4.22. The number of nitrogens with zero attached hydrogens (tertiary/aromatic N) is 2. The van der Waals surface area contributed by atoms with Crippen molar-refractivity contribution in [3.05, 3.63) is 30.0 Å². The zero-order chi connectivity index (χ0) is 14.9. The highest BCUT2D eigenvalue weighted by molar-refractivity contribution is 5.84. The Bertz CT molecular complexity index is 678. The minimum atomic E-state index is -0.903. The quantitative estimate of drug-likeness (QED) is 0.906. The van der Waals surface area contributed by atoms with Gasteiger partial charge in [0.25, 0.3) is 0 Å². The molecule has 1 aliphatic carbocycles. The first-order valence-electron chi connectivity index (χ1n) is 7.36. The van der Waals surface area contributed by atoms with Gasteiger partial charge in [-0.05, 0) is 31.9 Å². The molecule has 0 aliphatic heterocycles. The Labute approximate surface area is 123 Å². The Kier molecular flexibility index (Phi) is 3.49. The van der Waals surface area contributed by atoms with Crippen molar-refractivity contribution < 1.29 is 9.90 Å². The van der Waals surface area contributed by atoms with E-state index in [2.05, 4.69) is 15.3 Å². The molecule has 0 atom stereocenters. The van der Waals surface area contributed by atoms with Crippen LogP contribution in [0.25, 0.3) is 11.0 Å². The Morgan fingerprint density at radius 3 is 2.38 bits per heavy atom. The van der Waals surface area contributed by atoms with Gasteiger partial charge in [-0.15, -0.1) is 0 Å². The molecule has 1 aromatic heterocycles. The number of carbonyl (C=O) groups is 1. The summed E-state index contributed by atoms with van der Waals surface area (Å²) in [4.78, 5) is 20.8. The molecule has 2 aromatic rings. The molecule has 5 nitrogen and oxygen atoms in total. The predicted octanol–water partition coefficient (Wildman–Crippen LogP) is 3.14. The molecule has 1 aliphatic rings. The summed E-state index contributed by atoms with van der Waals surface area (Å²) < 4.78 is 0. The molecule has 0 saturated heterocycles. The molecule has 21 heavy (non-hydrogen) atoms. The predicted molar refractivity (Wildman–Crippen MR) is 81.3 cm³/mol. The lowest BCUT2D eigenvalue weighted by Crippen LogP contribution is -2.48. The molecule has 1 saturated carbocycles. The van der Waals surface area contributed by atoms with Gasteiger partial charge in [0, 0.05) is 0 Å². The summed E-state index contributed by atoms with van der Waals surface area (Å²) in [7, 11) is 0. The first-order chi connectivity index (χ1) is 10.1. The van der Waals surface area contributed by atoms with Crippen LogP contribution >= 0.6 is 0 Å². The van der Waals surface area contributed by atoms with Crippen LogP contribution in [0.3, 0.4) is 0 Å². The molecule has 0 unspecified atom stereocenters. The van der Waals surface area contributed by atoms with Crippen LogP contribution in [0.1, 0.15) is 37.8 Å². The number of aryl methyl sites for hydroxylation is 1. The Morgan fingerprint density at radius 1 is 1.14 bits per heavy atom. The van der Waals surface area contributed by atoms with E-state index < -0.39 is 11.5 Å². The van der Waals surface area contributed by atoms with E-state index in [9.17, 15) is 9.90 Å². The molecule has 1 fully saturated rings. The normalized spacial score (nSPS) is 17.6. The van der Waals surface area contributed by atoms with Crippen LogP contribution in [0, 0.1) is 6.92 Å². The number of carboxylic acid groups (broad SMARTS) is 1. The van der Waals surface area contributed by atoms with Crippen LogP contribution in [-0.4, -0.2) is 26.6 Å². The number of benzene rings is 1. The highest BCUT2D eigenvalue weighted by atomic mass is 16.4. The molecule has 5 heteroatoms. The maximum Gasteiger partial charge on any atom is 0.329 e. The van der Waals surface area contributed by atoms with E-state index in [4.69, 9.17) is 0 Å². The molecular formula is C16H19N3O2. The summed E-state index contributed by atoms with van der Waals surface area (Å²) in [6.45, 7) is 1.86. The fraction of sp³-hybridized carbons (Fsp3) is 0.438. The summed E-state index contributed by atoms with van der Waals surface area (Å²) in [5.74, 6) is -0.213. The molecule has 0 spiro atoms. The number of hydrogen-bond donors (Lipinski definition) is 2. The van der Waals surface area contributed by atoms with Gasteiger partial charge in [-0.25, -0.2) is 14.8 Å². The summed E-state index contributed by atoms with van der Waals surface area (Å²) >= 11 is 0. The molecule has 110 valence electrons. The number of nitrogens with one attached hydrogen (secondary N) is 1. The second-order valence-corrected chi connectivity index (χ2v) is 5.72. The number of para-hydroxylation sites is 2. The van der Waals surface area contributed by atoms with Crippen LogP contribution in [0.4, 0.5) is 5.82 Å². The van der Waals surface area contributed by atoms with E-state index in [1.165, 1.54) is 0 Å². The minimum absolute atomic E-state index is 0.581. The van der Waals surface area contributed by atoms with Crippen molar-refractivity contribution in [2.24, 2.45) is 0 Å². The second kappa shape index (κ2) is 5.31. The standard InChI is InChI=1S/C16H19N3O2/c1-11-14(18-13-8-4-3-7-12(13)17-11)19-16(15(20)21)9-5-2-6-10-16/h3-4,7-8H,2,5-6,9-10H2,1H3,(H,18,19)(H,20,21). The summed E-state index contributed by atoms with van der Waals surface area (Å²) in [6.07, 6.45) is 4.23. The van der Waals surface area contributed by atoms with Crippen LogP contribution in [0.15, 0.2) is 24.3 Å². The van der Waals surface area contributed by atoms with Crippen LogP contribution in [-0.2, 0) is 4.79 Å². The van der Waals surface area contributed by atoms with Crippen molar-refractivity contribution in [3.8, 4) is 0 Å². The monoisotopic (exact) mass is 285 g/mol. The van der Waals surface area contributed by atoms with Gasteiger partial charge >= 0.3 is 5.97 Å². The van der Waals surface area contributed by atoms with E-state index >= 15 is 0 Å². The highest BCUT2D eigenvalue weighted by Gasteiger charge is 2.40. The molecule has 1 aromatic carbocycles. The number of hydrogen-bond acceptors (Lipinski definition) is 4. The van der Waals surface area contributed by atoms with Gasteiger partial charge in [0.05, 0.1) is 16.7 Å². The van der Waals surface area contributed by atoms with Gasteiger partial charge in [0.2, 0.25) is 0 Å². The fourth-order valence-corrected chi connectivity index (χ4v) is 2.98. The SMILES string of the molecule is Cc1nc2ccccc2nc1NC1(C(=O)O)CCCCC1. The fourth-order valence-electron chi connectivity index (χ4n) is 2.98. The van der Waals surface area contributed by atoms with Gasteiger partial charge in [-0.1, -0.05) is 31.4 Å². The van der Waals surface area contributed by atoms with E-state index in [0.29, 0.717) is 18.7 Å². The number of anilines is 1. The van der Waals surface area contributed by atoms with Gasteiger partial charge in [-0.3, -0.25) is 0 Å². The van der Waals surface area contributed by atoms with E-state index in [-0.39, 0.29) is 0 Å². The number of rotatable bonds is 3. The topological polar surface area (TPSA) is 75.1 Å². The van der Waals surface area contributed by atoms with Crippen molar-refractivity contribution in [2.45, 2.75) is 44.6 Å². The third-order valence-corrected chi connectivity index (χ3v) is 4.22. The lowest BCUT2D eigenvalue weighted by atomic mass is 9.81. The summed E-state index contributed by atoms with van der Waals surface area (Å²) in [5, 5.41) is 12.8. The number of aliphatic carboxylic acids is 1. The largest absolute Gasteiger partial charge is 0.480 e. The smallest absolute Gasteiger partial charge is 0.329 e. The van der Waals surface area contributed by atoms with E-state index in [1.807, 2.05) is 31.2 Å². The molecular weight excluding hydrogens is 266 g/mol. The van der Waals surface area contributed by atoms with Crippen molar-refractivity contribution in [1.82, 2.24) is 9.97 Å². The van der Waals surface area contributed by atoms with E-state index in [0.717, 1.165) is 36.0 Å². The number of fused-ring (bicyclic) bond motifs is 1. The van der Waals surface area contributed by atoms with Gasteiger partial charge in [-0.2, -0.15) is 0 Å². The summed E-state index contributed by atoms with van der Waals surface area (Å²) in [5.41, 5.74) is 1.44. The zero-order valence-corrected chi connectivity index (χ0v) is 12.1.